The van der Waals surface area contributed by atoms with Gasteiger partial charge in [0.25, 0.3) is 0 Å². The topological polar surface area (TPSA) is 90.4 Å². The van der Waals surface area contributed by atoms with Gasteiger partial charge in [0, 0.05) is 48.8 Å². The van der Waals surface area contributed by atoms with Crippen molar-refractivity contribution in [1.82, 2.24) is 25.1 Å². The van der Waals surface area contributed by atoms with E-state index in [0.717, 1.165) is 56.0 Å². The van der Waals surface area contributed by atoms with Crippen molar-refractivity contribution in [3.05, 3.63) is 35.4 Å². The number of aromatic amines is 1. The van der Waals surface area contributed by atoms with Crippen LogP contribution in [0.5, 0.6) is 11.5 Å². The molecule has 0 unspecified atom stereocenters. The number of methoxy groups -OCH3 is 1. The fourth-order valence-electron chi connectivity index (χ4n) is 3.80. The van der Waals surface area contributed by atoms with Gasteiger partial charge >= 0.3 is 0 Å². The molecule has 0 amide bonds. The fourth-order valence-corrected chi connectivity index (χ4v) is 3.80. The van der Waals surface area contributed by atoms with Gasteiger partial charge in [0.15, 0.2) is 11.5 Å². The molecule has 28 heavy (non-hydrogen) atoms. The molecule has 2 N–H and O–H groups in total. The zero-order valence-corrected chi connectivity index (χ0v) is 16.6. The lowest BCUT2D eigenvalue weighted by Gasteiger charge is -2.29. The predicted molar refractivity (Wildman–Crippen MR) is 108 cm³/mol. The average molecular weight is 382 g/mol. The van der Waals surface area contributed by atoms with E-state index < -0.39 is 0 Å². The van der Waals surface area contributed by atoms with E-state index in [4.69, 9.17) is 4.74 Å². The number of benzene rings is 1. The van der Waals surface area contributed by atoms with Crippen molar-refractivity contribution in [3.63, 3.8) is 0 Å². The van der Waals surface area contributed by atoms with Crippen molar-refractivity contribution in [3.8, 4) is 11.5 Å². The summed E-state index contributed by atoms with van der Waals surface area (Å²) in [5, 5.41) is 18.7. The van der Waals surface area contributed by atoms with Crippen LogP contribution in [0.1, 0.15) is 30.8 Å². The van der Waals surface area contributed by atoms with Gasteiger partial charge in [-0.15, -0.1) is 0 Å². The molecule has 0 spiro atoms. The number of aromatic hydroxyl groups is 1. The second kappa shape index (κ2) is 7.63. The van der Waals surface area contributed by atoms with Crippen LogP contribution < -0.4 is 9.64 Å². The number of aromatic nitrogens is 4. The Morgan fingerprint density at radius 3 is 2.82 bits per heavy atom. The number of rotatable bonds is 6. The lowest BCUT2D eigenvalue weighted by atomic mass is 10.0. The monoisotopic (exact) mass is 382 g/mol. The molecular formula is C20H26N6O2. The minimum Gasteiger partial charge on any atom is -0.504 e. The number of H-pyrrole nitrogens is 1. The predicted octanol–water partition coefficient (Wildman–Crippen LogP) is 2.47. The summed E-state index contributed by atoms with van der Waals surface area (Å²) < 4.78 is 5.28. The van der Waals surface area contributed by atoms with Gasteiger partial charge in [0.2, 0.25) is 0 Å². The molecule has 0 fully saturated rings. The van der Waals surface area contributed by atoms with Gasteiger partial charge in [0.05, 0.1) is 18.3 Å². The maximum Gasteiger partial charge on any atom is 0.161 e. The van der Waals surface area contributed by atoms with E-state index in [2.05, 4.69) is 43.8 Å². The van der Waals surface area contributed by atoms with Gasteiger partial charge in [-0.05, 0) is 19.2 Å². The first kappa shape index (κ1) is 18.5. The Morgan fingerprint density at radius 2 is 2.07 bits per heavy atom. The number of hydrogen-bond donors (Lipinski definition) is 2. The number of hydrogen-bond acceptors (Lipinski definition) is 7. The summed E-state index contributed by atoms with van der Waals surface area (Å²) in [5.74, 6) is 1.35. The summed E-state index contributed by atoms with van der Waals surface area (Å²) in [6.45, 7) is 8.78. The fraction of sp³-hybridized carbons (Fsp3) is 0.450. The average Bonchev–Trinajstić information content (AvgIpc) is 3.12. The largest absolute Gasteiger partial charge is 0.504 e. The lowest BCUT2D eigenvalue weighted by Crippen LogP contribution is -2.32. The lowest BCUT2D eigenvalue weighted by molar-refractivity contribution is 0.291. The van der Waals surface area contributed by atoms with Crippen LogP contribution in [-0.2, 0) is 19.5 Å². The van der Waals surface area contributed by atoms with Gasteiger partial charge in [-0.2, -0.15) is 5.10 Å². The second-order valence-corrected chi connectivity index (χ2v) is 7.00. The van der Waals surface area contributed by atoms with Gasteiger partial charge in [-0.3, -0.25) is 10.00 Å². The van der Waals surface area contributed by atoms with Gasteiger partial charge in [-0.25, -0.2) is 9.97 Å². The summed E-state index contributed by atoms with van der Waals surface area (Å²) in [5.41, 5.74) is 4.28. The molecule has 0 saturated carbocycles. The first-order valence-corrected chi connectivity index (χ1v) is 9.68. The summed E-state index contributed by atoms with van der Waals surface area (Å²) in [4.78, 5) is 13.5. The molecule has 3 aromatic rings. The van der Waals surface area contributed by atoms with Crippen LogP contribution >= 0.6 is 0 Å². The summed E-state index contributed by atoms with van der Waals surface area (Å²) in [6.07, 6.45) is 2.44. The molecule has 1 aliphatic heterocycles. The molecule has 2 aromatic heterocycles. The normalized spacial score (nSPS) is 13.9. The molecule has 0 aliphatic carbocycles. The molecule has 0 radical (unpaired) electrons. The first-order valence-electron chi connectivity index (χ1n) is 9.68. The highest BCUT2D eigenvalue weighted by atomic mass is 16.5. The summed E-state index contributed by atoms with van der Waals surface area (Å²) in [7, 11) is 1.54. The molecule has 148 valence electrons. The SMILES string of the molecule is CCN(CC)Cc1n[nH]c2c1CN(c1ncnc3cc(O)c(OC)cc13)CC2. The van der Waals surface area contributed by atoms with Crippen molar-refractivity contribution < 1.29 is 9.84 Å². The van der Waals surface area contributed by atoms with Crippen LogP contribution in [0.25, 0.3) is 10.9 Å². The Hall–Kier alpha value is -2.87. The Balaban J connectivity index is 1.69. The quantitative estimate of drug-likeness (QED) is 0.677. The van der Waals surface area contributed by atoms with Crippen LogP contribution in [0.2, 0.25) is 0 Å². The third-order valence-corrected chi connectivity index (χ3v) is 5.50. The number of anilines is 1. The zero-order chi connectivity index (χ0) is 19.7. The number of ether oxygens (including phenoxy) is 1. The summed E-state index contributed by atoms with van der Waals surface area (Å²) in [6, 6.07) is 3.43. The number of nitrogens with one attached hydrogen (secondary N) is 1. The van der Waals surface area contributed by atoms with Crippen LogP contribution in [0.15, 0.2) is 18.5 Å². The highest BCUT2D eigenvalue weighted by Gasteiger charge is 2.25. The number of phenols is 1. The minimum absolute atomic E-state index is 0.0805. The molecule has 3 heterocycles. The molecule has 8 nitrogen and oxygen atoms in total. The number of fused-ring (bicyclic) bond motifs is 2. The van der Waals surface area contributed by atoms with Crippen molar-refractivity contribution in [2.45, 2.75) is 33.4 Å². The van der Waals surface area contributed by atoms with E-state index in [1.54, 1.807) is 19.5 Å². The maximum atomic E-state index is 10.1. The van der Waals surface area contributed by atoms with Crippen molar-refractivity contribution in [2.24, 2.45) is 0 Å². The summed E-state index contributed by atoms with van der Waals surface area (Å²) >= 11 is 0. The van der Waals surface area contributed by atoms with Gasteiger partial charge in [0.1, 0.15) is 12.1 Å². The molecular weight excluding hydrogens is 356 g/mol. The van der Waals surface area contributed by atoms with Crippen LogP contribution in [0, 0.1) is 0 Å². The smallest absolute Gasteiger partial charge is 0.161 e. The zero-order valence-electron chi connectivity index (χ0n) is 16.6. The molecule has 1 aliphatic rings. The Bertz CT molecular complexity index is 982. The Morgan fingerprint density at radius 1 is 1.25 bits per heavy atom. The number of nitrogens with zero attached hydrogens (tertiary/aromatic N) is 5. The molecule has 8 heteroatoms. The highest BCUT2D eigenvalue weighted by Crippen LogP contribution is 2.35. The van der Waals surface area contributed by atoms with E-state index in [1.165, 1.54) is 11.3 Å². The van der Waals surface area contributed by atoms with E-state index in [0.29, 0.717) is 11.3 Å². The van der Waals surface area contributed by atoms with Crippen molar-refractivity contribution >= 4 is 16.7 Å². The van der Waals surface area contributed by atoms with Gasteiger partial charge in [-0.1, -0.05) is 13.8 Å². The second-order valence-electron chi connectivity index (χ2n) is 7.00. The standard InChI is InChI=1S/C20H26N6O2/c1-4-25(5-2)11-17-14-10-26(7-6-15(14)23-24-17)20-13-8-19(28-3)18(27)9-16(13)21-12-22-20/h8-9,12,27H,4-7,10-11H2,1-3H3,(H,23,24). The van der Waals surface area contributed by atoms with E-state index in [1.807, 2.05) is 6.07 Å². The van der Waals surface area contributed by atoms with Crippen LogP contribution in [-0.4, -0.2) is 56.9 Å². The molecule has 0 saturated heterocycles. The molecule has 0 bridgehead atoms. The van der Waals surface area contributed by atoms with E-state index in [9.17, 15) is 5.11 Å². The molecule has 0 atom stereocenters. The first-order chi connectivity index (χ1) is 13.6. The van der Waals surface area contributed by atoms with Gasteiger partial charge < -0.3 is 14.7 Å². The van der Waals surface area contributed by atoms with Crippen LogP contribution in [0.3, 0.4) is 0 Å². The molecule has 1 aromatic carbocycles. The van der Waals surface area contributed by atoms with Crippen LogP contribution in [0.4, 0.5) is 5.82 Å². The van der Waals surface area contributed by atoms with E-state index >= 15 is 0 Å². The highest BCUT2D eigenvalue weighted by molar-refractivity contribution is 5.92. The van der Waals surface area contributed by atoms with Crippen molar-refractivity contribution in [1.29, 1.82) is 0 Å². The third kappa shape index (κ3) is 3.24. The maximum absolute atomic E-state index is 10.1. The minimum atomic E-state index is 0.0805. The molecule has 4 rings (SSSR count). The number of phenolic OH excluding ortho intramolecular Hbond substituents is 1. The van der Waals surface area contributed by atoms with Crippen molar-refractivity contribution in [2.75, 3.05) is 31.6 Å². The third-order valence-electron chi connectivity index (χ3n) is 5.50. The Labute approximate surface area is 164 Å². The Kier molecular flexibility index (Phi) is 5.04. The van der Waals surface area contributed by atoms with E-state index in [-0.39, 0.29) is 5.75 Å².